The number of hydrogen-bond acceptors (Lipinski definition) is 5. The summed E-state index contributed by atoms with van der Waals surface area (Å²) in [7, 11) is 0. The number of carbonyl (C=O) groups is 1. The number of amides is 1. The van der Waals surface area contributed by atoms with Crippen molar-refractivity contribution in [3.63, 3.8) is 0 Å². The van der Waals surface area contributed by atoms with Gasteiger partial charge in [-0.15, -0.1) is 11.3 Å². The number of aromatic nitrogens is 2. The van der Waals surface area contributed by atoms with Crippen LogP contribution in [0, 0.1) is 6.92 Å². The molecule has 2 aromatic heterocycles. The topological polar surface area (TPSA) is 66.9 Å². The predicted octanol–water partition coefficient (Wildman–Crippen LogP) is 1.99. The Hall–Kier alpha value is -1.79. The smallest absolute Gasteiger partial charge is 0.234 e. The Kier molecular flexibility index (Phi) is 5.03. The Morgan fingerprint density at radius 1 is 1.43 bits per heavy atom. The van der Waals surface area contributed by atoms with Crippen molar-refractivity contribution in [3.05, 3.63) is 46.2 Å². The van der Waals surface area contributed by atoms with Gasteiger partial charge in [0, 0.05) is 30.0 Å². The Labute approximate surface area is 128 Å². The molecule has 0 aliphatic rings. The van der Waals surface area contributed by atoms with Gasteiger partial charge in [0.15, 0.2) is 0 Å². The van der Waals surface area contributed by atoms with Crippen LogP contribution in [0.3, 0.4) is 0 Å². The van der Waals surface area contributed by atoms with Crippen molar-refractivity contribution in [2.24, 2.45) is 0 Å². The summed E-state index contributed by atoms with van der Waals surface area (Å²) >= 11 is 1.60. The third kappa shape index (κ3) is 4.61. The highest BCUT2D eigenvalue weighted by Crippen LogP contribution is 2.23. The molecule has 0 aliphatic heterocycles. The largest absolute Gasteiger partial charge is 0.351 e. The highest BCUT2D eigenvalue weighted by molar-refractivity contribution is 7.09. The fourth-order valence-electron chi connectivity index (χ4n) is 1.78. The van der Waals surface area contributed by atoms with Gasteiger partial charge in [-0.3, -0.25) is 15.1 Å². The van der Waals surface area contributed by atoms with Crippen LogP contribution >= 0.6 is 11.3 Å². The van der Waals surface area contributed by atoms with Gasteiger partial charge in [-0.1, -0.05) is 6.07 Å². The second-order valence-electron chi connectivity index (χ2n) is 5.41. The molecule has 0 aromatic carbocycles. The monoisotopic (exact) mass is 304 g/mol. The fraction of sp³-hybridized carbons (Fsp3) is 0.400. The molecule has 0 atom stereocenters. The van der Waals surface area contributed by atoms with E-state index in [0.717, 1.165) is 16.3 Å². The van der Waals surface area contributed by atoms with Crippen LogP contribution in [0.15, 0.2) is 29.9 Å². The minimum atomic E-state index is -0.315. The highest BCUT2D eigenvalue weighted by Gasteiger charge is 2.24. The van der Waals surface area contributed by atoms with E-state index in [1.165, 1.54) is 0 Å². The number of hydrogen-bond donors (Lipinski definition) is 2. The first-order chi connectivity index (χ1) is 9.97. The molecule has 6 heteroatoms. The van der Waals surface area contributed by atoms with Gasteiger partial charge in [0.2, 0.25) is 5.91 Å². The van der Waals surface area contributed by atoms with Crippen LogP contribution in [0.5, 0.6) is 0 Å². The Morgan fingerprint density at radius 3 is 2.86 bits per heavy atom. The first-order valence-corrected chi connectivity index (χ1v) is 7.68. The first kappa shape index (κ1) is 15.6. The fourth-order valence-corrected chi connectivity index (χ4v) is 2.68. The zero-order chi connectivity index (χ0) is 15.3. The molecule has 2 N–H and O–H groups in total. The summed E-state index contributed by atoms with van der Waals surface area (Å²) in [4.78, 5) is 20.4. The summed E-state index contributed by atoms with van der Waals surface area (Å²) in [6, 6.07) is 3.79. The van der Waals surface area contributed by atoms with Crippen LogP contribution in [0.25, 0.3) is 0 Å². The van der Waals surface area contributed by atoms with E-state index in [4.69, 9.17) is 0 Å². The zero-order valence-electron chi connectivity index (χ0n) is 12.5. The Balaban J connectivity index is 1.81. The molecule has 21 heavy (non-hydrogen) atoms. The third-order valence-electron chi connectivity index (χ3n) is 3.06. The van der Waals surface area contributed by atoms with Gasteiger partial charge in [-0.25, -0.2) is 4.98 Å². The highest BCUT2D eigenvalue weighted by atomic mass is 32.1. The molecule has 0 saturated heterocycles. The Bertz CT molecular complexity index is 595. The van der Waals surface area contributed by atoms with E-state index in [1.54, 1.807) is 23.7 Å². The van der Waals surface area contributed by atoms with E-state index in [2.05, 4.69) is 20.6 Å². The third-order valence-corrected chi connectivity index (χ3v) is 4.34. The van der Waals surface area contributed by atoms with E-state index in [0.29, 0.717) is 6.54 Å². The lowest BCUT2D eigenvalue weighted by atomic mass is 10.1. The van der Waals surface area contributed by atoms with Gasteiger partial charge in [0.05, 0.1) is 12.1 Å². The number of aryl methyl sites for hydroxylation is 1. The molecule has 5 nitrogen and oxygen atoms in total. The standard InChI is InChI=1S/C15H20N4OS/c1-11-10-21-14(19-11)15(2,3)18-9-13(20)17-8-12-5-4-6-16-7-12/h4-7,10,18H,8-9H2,1-3H3,(H,17,20). The van der Waals surface area contributed by atoms with Gasteiger partial charge in [-0.05, 0) is 32.4 Å². The SMILES string of the molecule is Cc1csc(C(C)(C)NCC(=O)NCc2cccnc2)n1. The predicted molar refractivity (Wildman–Crippen MR) is 84.0 cm³/mol. The van der Waals surface area contributed by atoms with Crippen LogP contribution in [0.4, 0.5) is 0 Å². The summed E-state index contributed by atoms with van der Waals surface area (Å²) in [6.45, 7) is 6.77. The maximum atomic E-state index is 11.9. The number of pyridine rings is 1. The van der Waals surface area contributed by atoms with E-state index in [9.17, 15) is 4.79 Å². The molecule has 0 spiro atoms. The molecular formula is C15H20N4OS. The molecule has 1 amide bonds. The summed E-state index contributed by atoms with van der Waals surface area (Å²) in [5.74, 6) is -0.0415. The molecule has 0 unspecified atom stereocenters. The van der Waals surface area contributed by atoms with Crippen molar-refractivity contribution in [2.45, 2.75) is 32.9 Å². The zero-order valence-corrected chi connectivity index (χ0v) is 13.3. The lowest BCUT2D eigenvalue weighted by Crippen LogP contribution is -2.43. The van der Waals surface area contributed by atoms with Gasteiger partial charge in [-0.2, -0.15) is 0 Å². The second kappa shape index (κ2) is 6.78. The minimum Gasteiger partial charge on any atom is -0.351 e. The van der Waals surface area contributed by atoms with E-state index in [-0.39, 0.29) is 18.0 Å². The Morgan fingerprint density at radius 2 is 2.24 bits per heavy atom. The number of nitrogens with one attached hydrogen (secondary N) is 2. The molecule has 0 radical (unpaired) electrons. The summed E-state index contributed by atoms with van der Waals surface area (Å²) in [5, 5.41) is 9.12. The first-order valence-electron chi connectivity index (χ1n) is 6.80. The molecular weight excluding hydrogens is 284 g/mol. The molecule has 2 aromatic rings. The van der Waals surface area contributed by atoms with Gasteiger partial charge in [0.25, 0.3) is 0 Å². The van der Waals surface area contributed by atoms with Crippen LogP contribution < -0.4 is 10.6 Å². The second-order valence-corrected chi connectivity index (χ2v) is 6.27. The van der Waals surface area contributed by atoms with Crippen molar-refractivity contribution in [1.82, 2.24) is 20.6 Å². The van der Waals surface area contributed by atoms with Gasteiger partial charge in [0.1, 0.15) is 5.01 Å². The number of rotatable bonds is 6. The minimum absolute atomic E-state index is 0.0415. The number of carbonyl (C=O) groups excluding carboxylic acids is 1. The molecule has 2 rings (SSSR count). The van der Waals surface area contributed by atoms with Crippen molar-refractivity contribution in [2.75, 3.05) is 6.54 Å². The van der Waals surface area contributed by atoms with E-state index < -0.39 is 0 Å². The summed E-state index contributed by atoms with van der Waals surface area (Å²) in [5.41, 5.74) is 1.68. The number of nitrogens with zero attached hydrogens (tertiary/aromatic N) is 2. The van der Waals surface area contributed by atoms with Crippen molar-refractivity contribution < 1.29 is 4.79 Å². The normalized spacial score (nSPS) is 11.4. The molecule has 0 saturated carbocycles. The molecule has 0 bridgehead atoms. The van der Waals surface area contributed by atoms with Crippen LogP contribution in [0.2, 0.25) is 0 Å². The average Bonchev–Trinajstić information content (AvgIpc) is 2.92. The lowest BCUT2D eigenvalue weighted by Gasteiger charge is -2.23. The van der Waals surface area contributed by atoms with Crippen molar-refractivity contribution >= 4 is 17.2 Å². The summed E-state index contributed by atoms with van der Waals surface area (Å²) < 4.78 is 0. The van der Waals surface area contributed by atoms with Crippen LogP contribution in [-0.2, 0) is 16.9 Å². The van der Waals surface area contributed by atoms with Crippen LogP contribution in [-0.4, -0.2) is 22.4 Å². The molecule has 0 aliphatic carbocycles. The maximum Gasteiger partial charge on any atom is 0.234 e. The average molecular weight is 304 g/mol. The van der Waals surface area contributed by atoms with Crippen molar-refractivity contribution in [1.29, 1.82) is 0 Å². The summed E-state index contributed by atoms with van der Waals surface area (Å²) in [6.07, 6.45) is 3.46. The molecule has 112 valence electrons. The maximum absolute atomic E-state index is 11.9. The van der Waals surface area contributed by atoms with Crippen molar-refractivity contribution in [3.8, 4) is 0 Å². The van der Waals surface area contributed by atoms with E-state index >= 15 is 0 Å². The van der Waals surface area contributed by atoms with Crippen LogP contribution in [0.1, 0.15) is 30.1 Å². The quantitative estimate of drug-likeness (QED) is 0.856. The van der Waals surface area contributed by atoms with Gasteiger partial charge >= 0.3 is 0 Å². The lowest BCUT2D eigenvalue weighted by molar-refractivity contribution is -0.120. The number of thiazole rings is 1. The molecule has 2 heterocycles. The van der Waals surface area contributed by atoms with Gasteiger partial charge < -0.3 is 5.32 Å². The van der Waals surface area contributed by atoms with E-state index in [1.807, 2.05) is 38.3 Å². The molecule has 0 fully saturated rings.